The van der Waals surface area contributed by atoms with Crippen molar-refractivity contribution in [2.75, 3.05) is 22.7 Å². The van der Waals surface area contributed by atoms with E-state index in [2.05, 4.69) is 32.6 Å². The standard InChI is InChI=1S/C17H15F3IN3O2/c18-17(19,20)11-8-22-16(23-9-11)24-6-4-12-13(2-1-3-14(12)24)15(25)5-7-26-10-21/h1-3,8-9H,4-7,10H2. The highest BCUT2D eigenvalue weighted by Gasteiger charge is 2.32. The van der Waals surface area contributed by atoms with Gasteiger partial charge in [0.05, 0.1) is 16.8 Å². The first kappa shape index (κ1) is 19.0. The molecule has 5 nitrogen and oxygen atoms in total. The summed E-state index contributed by atoms with van der Waals surface area (Å²) < 4.78 is 43.7. The van der Waals surface area contributed by atoms with Gasteiger partial charge >= 0.3 is 6.18 Å². The number of rotatable bonds is 6. The molecule has 0 unspecified atom stereocenters. The maximum Gasteiger partial charge on any atom is 0.419 e. The first-order chi connectivity index (χ1) is 12.4. The van der Waals surface area contributed by atoms with Crippen LogP contribution in [0.25, 0.3) is 0 Å². The lowest BCUT2D eigenvalue weighted by Crippen LogP contribution is -2.17. The largest absolute Gasteiger partial charge is 0.419 e. The van der Waals surface area contributed by atoms with Gasteiger partial charge in [-0.3, -0.25) is 4.79 Å². The van der Waals surface area contributed by atoms with Crippen LogP contribution in [0.4, 0.5) is 24.8 Å². The van der Waals surface area contributed by atoms with Gasteiger partial charge in [-0.2, -0.15) is 13.2 Å². The Hall–Kier alpha value is -1.75. The molecular weight excluding hydrogens is 462 g/mol. The molecule has 138 valence electrons. The summed E-state index contributed by atoms with van der Waals surface area (Å²) in [5.41, 5.74) is 1.36. The van der Waals surface area contributed by atoms with Gasteiger partial charge in [0.1, 0.15) is 0 Å². The number of anilines is 2. The lowest BCUT2D eigenvalue weighted by molar-refractivity contribution is -0.138. The Bertz CT molecular complexity index is 797. The molecule has 0 amide bonds. The Balaban J connectivity index is 1.84. The van der Waals surface area contributed by atoms with Crippen molar-refractivity contribution in [1.82, 2.24) is 9.97 Å². The van der Waals surface area contributed by atoms with Gasteiger partial charge < -0.3 is 9.64 Å². The zero-order chi connectivity index (χ0) is 18.7. The first-order valence-electron chi connectivity index (χ1n) is 7.87. The van der Waals surface area contributed by atoms with Gasteiger partial charge in [0.15, 0.2) is 5.78 Å². The Morgan fingerprint density at radius 1 is 1.27 bits per heavy atom. The number of aromatic nitrogens is 2. The molecule has 9 heteroatoms. The number of carbonyl (C=O) groups is 1. The maximum atomic E-state index is 12.7. The zero-order valence-corrected chi connectivity index (χ0v) is 15.7. The second-order valence-corrected chi connectivity index (χ2v) is 6.29. The van der Waals surface area contributed by atoms with E-state index in [4.69, 9.17) is 4.74 Å². The number of halogens is 4. The number of nitrogens with zero attached hydrogens (tertiary/aromatic N) is 3. The molecule has 0 atom stereocenters. The number of alkyl halides is 4. The fraction of sp³-hybridized carbons (Fsp3) is 0.353. The van der Waals surface area contributed by atoms with Gasteiger partial charge in [0.2, 0.25) is 5.95 Å². The van der Waals surface area contributed by atoms with Crippen molar-refractivity contribution < 1.29 is 22.7 Å². The topological polar surface area (TPSA) is 55.3 Å². The number of hydrogen-bond acceptors (Lipinski definition) is 5. The summed E-state index contributed by atoms with van der Waals surface area (Å²) in [7, 11) is 0. The average Bonchev–Trinajstić information content (AvgIpc) is 3.05. The van der Waals surface area contributed by atoms with Crippen molar-refractivity contribution in [2.24, 2.45) is 0 Å². The van der Waals surface area contributed by atoms with Crippen LogP contribution >= 0.6 is 22.6 Å². The fourth-order valence-corrected chi connectivity index (χ4v) is 3.18. The van der Waals surface area contributed by atoms with Crippen LogP contribution in [0.2, 0.25) is 0 Å². The molecule has 1 aliphatic rings. The number of hydrogen-bond donors (Lipinski definition) is 0. The Morgan fingerprint density at radius 3 is 2.65 bits per heavy atom. The van der Waals surface area contributed by atoms with Gasteiger partial charge in [0.25, 0.3) is 0 Å². The van der Waals surface area contributed by atoms with Crippen LogP contribution in [0.5, 0.6) is 0 Å². The van der Waals surface area contributed by atoms with E-state index in [0.717, 1.165) is 23.6 Å². The van der Waals surface area contributed by atoms with Crippen LogP contribution in [0, 0.1) is 0 Å². The van der Waals surface area contributed by atoms with Crippen molar-refractivity contribution in [2.45, 2.75) is 19.0 Å². The molecule has 0 radical (unpaired) electrons. The molecule has 1 aromatic carbocycles. The van der Waals surface area contributed by atoms with E-state index in [0.29, 0.717) is 29.7 Å². The summed E-state index contributed by atoms with van der Waals surface area (Å²) in [4.78, 5) is 21.9. The maximum absolute atomic E-state index is 12.7. The lowest BCUT2D eigenvalue weighted by atomic mass is 10.00. The summed E-state index contributed by atoms with van der Waals surface area (Å²) in [6, 6.07) is 5.34. The molecule has 0 saturated heterocycles. The Labute approximate surface area is 161 Å². The van der Waals surface area contributed by atoms with E-state index in [-0.39, 0.29) is 18.2 Å². The zero-order valence-electron chi connectivity index (χ0n) is 13.6. The van der Waals surface area contributed by atoms with E-state index in [1.54, 1.807) is 17.0 Å². The molecule has 1 aromatic heterocycles. The number of ketones is 1. The lowest BCUT2D eigenvalue weighted by Gasteiger charge is -2.18. The third-order valence-electron chi connectivity index (χ3n) is 4.09. The van der Waals surface area contributed by atoms with Crippen LogP contribution < -0.4 is 4.90 Å². The SMILES string of the molecule is O=C(CCOCI)c1cccc2c1CCN2c1ncc(C(F)(F)F)cn1. The minimum Gasteiger partial charge on any atom is -0.371 e. The molecule has 1 aliphatic heterocycles. The molecule has 2 aromatic rings. The number of carbonyl (C=O) groups excluding carboxylic acids is 1. The van der Waals surface area contributed by atoms with Crippen molar-refractivity contribution in [3.63, 3.8) is 0 Å². The third-order valence-corrected chi connectivity index (χ3v) is 4.53. The summed E-state index contributed by atoms with van der Waals surface area (Å²) in [5, 5.41) is 0. The van der Waals surface area contributed by atoms with Crippen molar-refractivity contribution in [3.8, 4) is 0 Å². The number of Topliss-reactive ketones (excluding diaryl/α,β-unsaturated/α-hetero) is 1. The molecule has 26 heavy (non-hydrogen) atoms. The Morgan fingerprint density at radius 2 is 2.00 bits per heavy atom. The molecule has 3 rings (SSSR count). The van der Waals surface area contributed by atoms with Crippen LogP contribution in [0.3, 0.4) is 0 Å². The number of benzene rings is 1. The summed E-state index contributed by atoms with van der Waals surface area (Å²) >= 11 is 2.07. The molecule has 0 bridgehead atoms. The van der Waals surface area contributed by atoms with Crippen LogP contribution in [0.15, 0.2) is 30.6 Å². The van der Waals surface area contributed by atoms with E-state index in [1.165, 1.54) is 0 Å². The van der Waals surface area contributed by atoms with Gasteiger partial charge in [-0.15, -0.1) is 0 Å². The highest BCUT2D eigenvalue weighted by Crippen LogP contribution is 2.36. The van der Waals surface area contributed by atoms with Crippen molar-refractivity contribution in [3.05, 3.63) is 47.3 Å². The summed E-state index contributed by atoms with van der Waals surface area (Å²) in [6.07, 6.45) is -2.03. The van der Waals surface area contributed by atoms with Crippen LogP contribution in [-0.2, 0) is 17.3 Å². The predicted octanol–water partition coefficient (Wildman–Crippen LogP) is 4.17. The van der Waals surface area contributed by atoms with Gasteiger partial charge in [0, 0.05) is 36.6 Å². The Kier molecular flexibility index (Phi) is 5.76. The van der Waals surface area contributed by atoms with Gasteiger partial charge in [-0.05, 0) is 18.1 Å². The molecule has 0 fully saturated rings. The van der Waals surface area contributed by atoms with E-state index >= 15 is 0 Å². The van der Waals surface area contributed by atoms with Gasteiger partial charge in [-0.1, -0.05) is 34.7 Å². The first-order valence-corrected chi connectivity index (χ1v) is 9.40. The molecule has 0 aliphatic carbocycles. The van der Waals surface area contributed by atoms with Crippen LogP contribution in [0.1, 0.15) is 27.9 Å². The molecular formula is C17H15F3IN3O2. The minimum absolute atomic E-state index is 0.0121. The second kappa shape index (κ2) is 7.87. The van der Waals surface area contributed by atoms with Crippen LogP contribution in [-0.4, -0.2) is 33.5 Å². The van der Waals surface area contributed by atoms with Crippen molar-refractivity contribution in [1.29, 1.82) is 0 Å². The third kappa shape index (κ3) is 3.98. The highest BCUT2D eigenvalue weighted by atomic mass is 127. The average molecular weight is 477 g/mol. The number of ether oxygens (including phenoxy) is 1. The molecule has 0 saturated carbocycles. The second-order valence-electron chi connectivity index (χ2n) is 5.66. The van der Waals surface area contributed by atoms with E-state index < -0.39 is 11.7 Å². The number of fused-ring (bicyclic) bond motifs is 1. The molecule has 0 N–H and O–H groups in total. The fourth-order valence-electron chi connectivity index (χ4n) is 2.86. The van der Waals surface area contributed by atoms with E-state index in [1.807, 2.05) is 6.07 Å². The normalized spacial score (nSPS) is 13.8. The monoisotopic (exact) mass is 477 g/mol. The molecule has 2 heterocycles. The smallest absolute Gasteiger partial charge is 0.371 e. The minimum atomic E-state index is -4.47. The quantitative estimate of drug-likeness (QED) is 0.271. The molecule has 0 spiro atoms. The summed E-state index contributed by atoms with van der Waals surface area (Å²) in [5.74, 6) is 0.177. The summed E-state index contributed by atoms with van der Waals surface area (Å²) in [6.45, 7) is 0.867. The predicted molar refractivity (Wildman–Crippen MR) is 98.0 cm³/mol. The van der Waals surface area contributed by atoms with Gasteiger partial charge in [-0.25, -0.2) is 9.97 Å². The van der Waals surface area contributed by atoms with E-state index in [9.17, 15) is 18.0 Å². The highest BCUT2D eigenvalue weighted by molar-refractivity contribution is 14.1. The van der Waals surface area contributed by atoms with Crippen molar-refractivity contribution >= 4 is 40.0 Å².